The Kier molecular flexibility index (Phi) is 4.48. The quantitative estimate of drug-likeness (QED) is 0.887. The number of fused-ring (bicyclic) bond motifs is 1. The summed E-state index contributed by atoms with van der Waals surface area (Å²) in [6.45, 7) is 4.52. The predicted molar refractivity (Wildman–Crippen MR) is 85.2 cm³/mol. The van der Waals surface area contributed by atoms with Crippen LogP contribution in [0.4, 0.5) is 0 Å². The molecule has 0 atom stereocenters. The van der Waals surface area contributed by atoms with Crippen LogP contribution in [0.1, 0.15) is 19.4 Å². The number of ether oxygens (including phenoxy) is 1. The highest BCUT2D eigenvalue weighted by atomic mass is 16.5. The van der Waals surface area contributed by atoms with Crippen LogP contribution in [-0.4, -0.2) is 19.6 Å². The summed E-state index contributed by atoms with van der Waals surface area (Å²) in [7, 11) is 1.66. The molecule has 0 aliphatic heterocycles. The number of benzene rings is 2. The van der Waals surface area contributed by atoms with Gasteiger partial charge < -0.3 is 15.8 Å². The topological polar surface area (TPSA) is 64.3 Å². The smallest absolute Gasteiger partial charge is 0.227 e. The highest BCUT2D eigenvalue weighted by Gasteiger charge is 2.25. The van der Waals surface area contributed by atoms with Crippen LogP contribution in [0.15, 0.2) is 36.4 Å². The van der Waals surface area contributed by atoms with Crippen molar-refractivity contribution in [1.82, 2.24) is 5.32 Å². The monoisotopic (exact) mass is 286 g/mol. The molecule has 0 unspecified atom stereocenters. The van der Waals surface area contributed by atoms with E-state index in [4.69, 9.17) is 10.5 Å². The molecule has 0 aliphatic rings. The Morgan fingerprint density at radius 2 is 1.86 bits per heavy atom. The minimum Gasteiger partial charge on any atom is -0.497 e. The molecule has 0 aliphatic carbocycles. The maximum absolute atomic E-state index is 12.0. The first-order valence-corrected chi connectivity index (χ1v) is 7.01. The maximum atomic E-state index is 12.0. The Balaban J connectivity index is 2.11. The Labute approximate surface area is 125 Å². The van der Waals surface area contributed by atoms with Gasteiger partial charge in [0.1, 0.15) is 5.75 Å². The molecule has 4 heteroatoms. The summed E-state index contributed by atoms with van der Waals surface area (Å²) in [4.78, 5) is 12.0. The minimum absolute atomic E-state index is 0.0279. The Hall–Kier alpha value is -2.07. The van der Waals surface area contributed by atoms with Gasteiger partial charge in [-0.05, 0) is 48.4 Å². The SMILES string of the molecule is COc1ccc2cc(CNC(=O)C(C)(C)CN)ccc2c1. The lowest BCUT2D eigenvalue weighted by molar-refractivity contribution is -0.129. The van der Waals surface area contributed by atoms with Crippen LogP contribution < -0.4 is 15.8 Å². The summed E-state index contributed by atoms with van der Waals surface area (Å²) in [5.74, 6) is 0.813. The van der Waals surface area contributed by atoms with Crippen LogP contribution in [0.2, 0.25) is 0 Å². The van der Waals surface area contributed by atoms with Crippen molar-refractivity contribution in [1.29, 1.82) is 0 Å². The van der Waals surface area contributed by atoms with Gasteiger partial charge in [0.15, 0.2) is 0 Å². The van der Waals surface area contributed by atoms with Gasteiger partial charge in [-0.1, -0.05) is 18.2 Å². The van der Waals surface area contributed by atoms with E-state index in [2.05, 4.69) is 11.4 Å². The van der Waals surface area contributed by atoms with E-state index >= 15 is 0 Å². The molecule has 3 N–H and O–H groups in total. The van der Waals surface area contributed by atoms with Crippen molar-refractivity contribution >= 4 is 16.7 Å². The number of methoxy groups -OCH3 is 1. The minimum atomic E-state index is -0.537. The number of nitrogens with two attached hydrogens (primary N) is 1. The number of carbonyl (C=O) groups excluding carboxylic acids is 1. The van der Waals surface area contributed by atoms with Crippen molar-refractivity contribution < 1.29 is 9.53 Å². The van der Waals surface area contributed by atoms with Gasteiger partial charge in [-0.15, -0.1) is 0 Å². The molecule has 4 nitrogen and oxygen atoms in total. The number of rotatable bonds is 5. The zero-order chi connectivity index (χ0) is 15.5. The Morgan fingerprint density at radius 1 is 1.19 bits per heavy atom. The fourth-order valence-electron chi connectivity index (χ4n) is 2.02. The molecule has 112 valence electrons. The first-order valence-electron chi connectivity index (χ1n) is 7.01. The lowest BCUT2D eigenvalue weighted by Gasteiger charge is -2.21. The third kappa shape index (κ3) is 3.52. The molecule has 0 spiro atoms. The first-order chi connectivity index (χ1) is 9.96. The zero-order valence-corrected chi connectivity index (χ0v) is 12.8. The van der Waals surface area contributed by atoms with E-state index < -0.39 is 5.41 Å². The van der Waals surface area contributed by atoms with Crippen molar-refractivity contribution in [2.45, 2.75) is 20.4 Å². The molecular formula is C17H22N2O2. The second-order valence-electron chi connectivity index (χ2n) is 5.82. The van der Waals surface area contributed by atoms with Gasteiger partial charge in [0.2, 0.25) is 5.91 Å². The lowest BCUT2D eigenvalue weighted by atomic mass is 9.92. The molecule has 0 fully saturated rings. The molecule has 0 aromatic heterocycles. The third-order valence-corrected chi connectivity index (χ3v) is 3.69. The third-order valence-electron chi connectivity index (χ3n) is 3.69. The van der Waals surface area contributed by atoms with Crippen LogP contribution in [0, 0.1) is 5.41 Å². The van der Waals surface area contributed by atoms with Gasteiger partial charge in [0.25, 0.3) is 0 Å². The van der Waals surface area contributed by atoms with Crippen LogP contribution in [0.3, 0.4) is 0 Å². The summed E-state index contributed by atoms with van der Waals surface area (Å²) < 4.78 is 5.21. The van der Waals surface area contributed by atoms with Crippen molar-refractivity contribution in [2.24, 2.45) is 11.1 Å². The van der Waals surface area contributed by atoms with Crippen LogP contribution in [0.25, 0.3) is 10.8 Å². The van der Waals surface area contributed by atoms with E-state index in [9.17, 15) is 4.79 Å². The van der Waals surface area contributed by atoms with E-state index in [-0.39, 0.29) is 5.91 Å². The summed E-state index contributed by atoms with van der Waals surface area (Å²) in [5.41, 5.74) is 6.13. The summed E-state index contributed by atoms with van der Waals surface area (Å²) >= 11 is 0. The number of hydrogen-bond donors (Lipinski definition) is 2. The van der Waals surface area contributed by atoms with E-state index in [1.165, 1.54) is 0 Å². The molecule has 0 saturated carbocycles. The predicted octanol–water partition coefficient (Wildman–Crippen LogP) is 2.45. The standard InChI is InChI=1S/C17H22N2O2/c1-17(2,11-18)16(20)19-10-12-4-5-14-9-15(21-3)7-6-13(14)8-12/h4-9H,10-11,18H2,1-3H3,(H,19,20). The second kappa shape index (κ2) is 6.14. The van der Waals surface area contributed by atoms with Crippen molar-refractivity contribution in [3.8, 4) is 5.75 Å². The largest absolute Gasteiger partial charge is 0.497 e. The van der Waals surface area contributed by atoms with Gasteiger partial charge in [-0.3, -0.25) is 4.79 Å². The molecule has 0 heterocycles. The number of hydrogen-bond acceptors (Lipinski definition) is 3. The number of amides is 1. The van der Waals surface area contributed by atoms with Gasteiger partial charge in [0, 0.05) is 13.1 Å². The van der Waals surface area contributed by atoms with Crippen molar-refractivity contribution in [3.05, 3.63) is 42.0 Å². The van der Waals surface area contributed by atoms with E-state index in [0.717, 1.165) is 22.1 Å². The fourth-order valence-corrected chi connectivity index (χ4v) is 2.02. The first kappa shape index (κ1) is 15.3. The maximum Gasteiger partial charge on any atom is 0.227 e. The average Bonchev–Trinajstić information content (AvgIpc) is 2.51. The molecular weight excluding hydrogens is 264 g/mol. The second-order valence-corrected chi connectivity index (χ2v) is 5.82. The summed E-state index contributed by atoms with van der Waals surface area (Å²) in [6.07, 6.45) is 0. The fraction of sp³-hybridized carbons (Fsp3) is 0.353. The van der Waals surface area contributed by atoms with Crippen molar-refractivity contribution in [3.63, 3.8) is 0 Å². The van der Waals surface area contributed by atoms with Gasteiger partial charge >= 0.3 is 0 Å². The van der Waals surface area contributed by atoms with Crippen LogP contribution >= 0.6 is 0 Å². The summed E-state index contributed by atoms with van der Waals surface area (Å²) in [6, 6.07) is 12.1. The van der Waals surface area contributed by atoms with E-state index in [1.54, 1.807) is 7.11 Å². The normalized spacial score (nSPS) is 11.4. The highest BCUT2D eigenvalue weighted by Crippen LogP contribution is 2.22. The molecule has 0 saturated heterocycles. The molecule has 1 amide bonds. The molecule has 2 rings (SSSR count). The van der Waals surface area contributed by atoms with E-state index in [0.29, 0.717) is 13.1 Å². The molecule has 0 radical (unpaired) electrons. The molecule has 21 heavy (non-hydrogen) atoms. The highest BCUT2D eigenvalue weighted by molar-refractivity contribution is 5.85. The van der Waals surface area contributed by atoms with Gasteiger partial charge in [-0.25, -0.2) is 0 Å². The Morgan fingerprint density at radius 3 is 2.52 bits per heavy atom. The molecule has 0 bridgehead atoms. The zero-order valence-electron chi connectivity index (χ0n) is 12.8. The lowest BCUT2D eigenvalue weighted by Crippen LogP contribution is -2.41. The molecule has 2 aromatic carbocycles. The average molecular weight is 286 g/mol. The van der Waals surface area contributed by atoms with E-state index in [1.807, 2.05) is 44.2 Å². The number of nitrogens with one attached hydrogen (secondary N) is 1. The van der Waals surface area contributed by atoms with Gasteiger partial charge in [0.05, 0.1) is 12.5 Å². The number of carbonyl (C=O) groups is 1. The van der Waals surface area contributed by atoms with Crippen LogP contribution in [-0.2, 0) is 11.3 Å². The van der Waals surface area contributed by atoms with Gasteiger partial charge in [-0.2, -0.15) is 0 Å². The molecule has 2 aromatic rings. The Bertz CT molecular complexity index is 650. The van der Waals surface area contributed by atoms with Crippen molar-refractivity contribution in [2.75, 3.05) is 13.7 Å². The van der Waals surface area contributed by atoms with Crippen LogP contribution in [0.5, 0.6) is 5.75 Å². The summed E-state index contributed by atoms with van der Waals surface area (Å²) in [5, 5.41) is 5.18.